The van der Waals surface area contributed by atoms with Crippen molar-refractivity contribution in [3.8, 4) is 16.9 Å². The monoisotopic (exact) mass is 513 g/mol. The predicted molar refractivity (Wildman–Crippen MR) is 128 cm³/mol. The molecule has 0 radical (unpaired) electrons. The summed E-state index contributed by atoms with van der Waals surface area (Å²) in [5.41, 5.74) is 2.58. The third-order valence-electron chi connectivity index (χ3n) is 6.12. The number of rotatable bonds is 6. The zero-order valence-corrected chi connectivity index (χ0v) is 19.8. The van der Waals surface area contributed by atoms with Gasteiger partial charge in [0.15, 0.2) is 0 Å². The van der Waals surface area contributed by atoms with Gasteiger partial charge in [-0.05, 0) is 42.3 Å². The molecular weight excluding hydrogens is 490 g/mol. The van der Waals surface area contributed by atoms with Crippen molar-refractivity contribution in [2.24, 2.45) is 0 Å². The zero-order valence-electron chi connectivity index (χ0n) is 19.8. The van der Waals surface area contributed by atoms with Gasteiger partial charge < -0.3 is 14.8 Å². The van der Waals surface area contributed by atoms with E-state index in [0.29, 0.717) is 41.2 Å². The highest BCUT2D eigenvalue weighted by atomic mass is 19.4. The van der Waals surface area contributed by atoms with Gasteiger partial charge in [-0.2, -0.15) is 13.2 Å². The summed E-state index contributed by atoms with van der Waals surface area (Å²) in [4.78, 5) is 15.7. The number of nitrogens with zero attached hydrogens (tertiary/aromatic N) is 4. The summed E-state index contributed by atoms with van der Waals surface area (Å²) in [6.07, 6.45) is 0.494. The van der Waals surface area contributed by atoms with Crippen molar-refractivity contribution in [2.45, 2.75) is 38.1 Å². The predicted octanol–water partition coefficient (Wildman–Crippen LogP) is 5.98. The van der Waals surface area contributed by atoms with E-state index in [2.05, 4.69) is 25.3 Å². The Hall–Kier alpha value is -3.86. The number of hydrogen-bond donors (Lipinski definition) is 1. The van der Waals surface area contributed by atoms with Crippen LogP contribution in [0.2, 0.25) is 0 Å². The molecule has 1 atom stereocenters. The third-order valence-corrected chi connectivity index (χ3v) is 6.12. The first-order valence-electron chi connectivity index (χ1n) is 11.7. The molecule has 1 N–H and O–H groups in total. The van der Waals surface area contributed by atoms with Crippen molar-refractivity contribution in [3.63, 3.8) is 0 Å². The number of halogens is 4. The number of fused-ring (bicyclic) bond motifs is 1. The Morgan fingerprint density at radius 2 is 1.68 bits per heavy atom. The average molecular weight is 513 g/mol. The number of ether oxygens (including phenoxy) is 2. The van der Waals surface area contributed by atoms with E-state index >= 15 is 0 Å². The Bertz CT molecular complexity index is 1380. The van der Waals surface area contributed by atoms with Crippen LogP contribution in [-0.4, -0.2) is 39.3 Å². The van der Waals surface area contributed by atoms with Crippen molar-refractivity contribution < 1.29 is 27.0 Å². The van der Waals surface area contributed by atoms with Crippen LogP contribution in [0, 0.1) is 5.82 Å². The van der Waals surface area contributed by atoms with Crippen LogP contribution in [0.1, 0.15) is 37.2 Å². The normalized spacial score (nSPS) is 15.5. The lowest BCUT2D eigenvalue weighted by Crippen LogP contribution is -2.26. The Labute approximate surface area is 209 Å². The van der Waals surface area contributed by atoms with Gasteiger partial charge in [-0.1, -0.05) is 12.1 Å². The molecule has 0 aliphatic carbocycles. The number of nitrogens with one attached hydrogen (secondary N) is 1. The van der Waals surface area contributed by atoms with Gasteiger partial charge in [0.2, 0.25) is 5.82 Å². The van der Waals surface area contributed by atoms with Crippen LogP contribution in [0.15, 0.2) is 55.1 Å². The van der Waals surface area contributed by atoms with Crippen LogP contribution >= 0.6 is 0 Å². The molecule has 2 aromatic heterocycles. The second kappa shape index (κ2) is 10.3. The van der Waals surface area contributed by atoms with E-state index in [0.717, 1.165) is 36.4 Å². The molecule has 1 fully saturated rings. The first kappa shape index (κ1) is 24.8. The van der Waals surface area contributed by atoms with Crippen molar-refractivity contribution in [2.75, 3.05) is 18.5 Å². The minimum absolute atomic E-state index is 0.0463. The molecule has 7 nitrogen and oxygen atoms in total. The second-order valence-corrected chi connectivity index (χ2v) is 8.73. The van der Waals surface area contributed by atoms with Crippen LogP contribution in [0.5, 0.6) is 5.75 Å². The van der Waals surface area contributed by atoms with Gasteiger partial charge in [-0.3, -0.25) is 0 Å². The number of alkyl halides is 3. The maximum absolute atomic E-state index is 13.6. The fourth-order valence-electron chi connectivity index (χ4n) is 4.12. The van der Waals surface area contributed by atoms with Crippen molar-refractivity contribution >= 4 is 16.7 Å². The molecule has 0 amide bonds. The fourth-order valence-corrected chi connectivity index (χ4v) is 4.12. The molecule has 1 aliphatic heterocycles. The van der Waals surface area contributed by atoms with Crippen LogP contribution < -0.4 is 10.1 Å². The first-order chi connectivity index (χ1) is 17.8. The summed E-state index contributed by atoms with van der Waals surface area (Å²) in [6, 6.07) is 9.39. The highest BCUT2D eigenvalue weighted by Gasteiger charge is 2.34. The molecule has 192 valence electrons. The van der Waals surface area contributed by atoms with E-state index in [9.17, 15) is 17.6 Å². The van der Waals surface area contributed by atoms with Crippen LogP contribution in [0.3, 0.4) is 0 Å². The lowest BCUT2D eigenvalue weighted by atomic mass is 10.0. The van der Waals surface area contributed by atoms with E-state index in [1.165, 1.54) is 18.5 Å². The summed E-state index contributed by atoms with van der Waals surface area (Å²) in [5, 5.41) is 3.87. The fraction of sp³-hybridized carbons (Fsp3) is 0.308. The molecule has 37 heavy (non-hydrogen) atoms. The van der Waals surface area contributed by atoms with Crippen molar-refractivity contribution in [1.29, 1.82) is 0 Å². The van der Waals surface area contributed by atoms with Gasteiger partial charge in [0.05, 0.1) is 19.3 Å². The molecule has 4 aromatic rings. The summed E-state index contributed by atoms with van der Waals surface area (Å²) in [6.45, 7) is 2.98. The summed E-state index contributed by atoms with van der Waals surface area (Å²) < 4.78 is 63.9. The standard InChI is InChI=1S/C26H23F4N5O2/c1-15(18-12-31-25(32-13-18)26(28,29)30)35-24-21-10-17(16-2-4-19(27)5-3-16)11-22(23(21)33-14-34-24)37-20-6-8-36-9-7-20/h2-5,10-15,20H,6-9H2,1H3,(H,33,34,35). The number of benzene rings is 2. The third kappa shape index (κ3) is 5.61. The maximum atomic E-state index is 13.6. The highest BCUT2D eigenvalue weighted by molar-refractivity contribution is 5.96. The summed E-state index contributed by atoms with van der Waals surface area (Å²) in [7, 11) is 0. The van der Waals surface area contributed by atoms with Gasteiger partial charge in [0, 0.05) is 36.2 Å². The second-order valence-electron chi connectivity index (χ2n) is 8.73. The Kier molecular flexibility index (Phi) is 6.88. The van der Waals surface area contributed by atoms with Crippen molar-refractivity contribution in [3.05, 3.63) is 72.3 Å². The molecule has 1 saturated heterocycles. The van der Waals surface area contributed by atoms with E-state index in [4.69, 9.17) is 9.47 Å². The summed E-state index contributed by atoms with van der Waals surface area (Å²) in [5.74, 6) is -0.533. The molecule has 0 spiro atoms. The molecule has 11 heteroatoms. The van der Waals surface area contributed by atoms with Gasteiger partial charge in [0.1, 0.15) is 35.3 Å². The minimum Gasteiger partial charge on any atom is -0.488 e. The minimum atomic E-state index is -4.62. The van der Waals surface area contributed by atoms with E-state index in [-0.39, 0.29) is 11.9 Å². The van der Waals surface area contributed by atoms with Crippen LogP contribution in [0.25, 0.3) is 22.0 Å². The lowest BCUT2D eigenvalue weighted by Gasteiger charge is -2.24. The molecule has 0 bridgehead atoms. The van der Waals surface area contributed by atoms with E-state index in [1.54, 1.807) is 19.1 Å². The smallest absolute Gasteiger partial charge is 0.451 e. The van der Waals surface area contributed by atoms with Crippen molar-refractivity contribution in [1.82, 2.24) is 19.9 Å². The Morgan fingerprint density at radius 1 is 0.973 bits per heavy atom. The number of anilines is 1. The largest absolute Gasteiger partial charge is 0.488 e. The van der Waals surface area contributed by atoms with E-state index in [1.807, 2.05) is 12.1 Å². The first-order valence-corrected chi connectivity index (χ1v) is 11.7. The number of hydrogen-bond acceptors (Lipinski definition) is 7. The molecule has 1 aliphatic rings. The van der Waals surface area contributed by atoms with E-state index < -0.39 is 18.0 Å². The zero-order chi connectivity index (χ0) is 26.0. The average Bonchev–Trinajstić information content (AvgIpc) is 2.89. The molecule has 1 unspecified atom stereocenters. The molecule has 0 saturated carbocycles. The lowest BCUT2D eigenvalue weighted by molar-refractivity contribution is -0.145. The summed E-state index contributed by atoms with van der Waals surface area (Å²) >= 11 is 0. The molecule has 5 rings (SSSR count). The molecular formula is C26H23F4N5O2. The number of aromatic nitrogens is 4. The Morgan fingerprint density at radius 3 is 2.35 bits per heavy atom. The SMILES string of the molecule is CC(Nc1ncnc2c(OC3CCOCC3)cc(-c3ccc(F)cc3)cc12)c1cnc(C(F)(F)F)nc1. The maximum Gasteiger partial charge on any atom is 0.451 e. The quantitative estimate of drug-likeness (QED) is 0.318. The highest BCUT2D eigenvalue weighted by Crippen LogP contribution is 2.36. The van der Waals surface area contributed by atoms with Gasteiger partial charge in [-0.25, -0.2) is 24.3 Å². The van der Waals surface area contributed by atoms with Gasteiger partial charge in [-0.15, -0.1) is 0 Å². The topological polar surface area (TPSA) is 82.1 Å². The van der Waals surface area contributed by atoms with Crippen LogP contribution in [-0.2, 0) is 10.9 Å². The van der Waals surface area contributed by atoms with Gasteiger partial charge in [0.25, 0.3) is 0 Å². The molecule has 3 heterocycles. The van der Waals surface area contributed by atoms with Gasteiger partial charge >= 0.3 is 6.18 Å². The van der Waals surface area contributed by atoms with Crippen LogP contribution in [0.4, 0.5) is 23.4 Å². The Balaban J connectivity index is 1.52. The molecule has 2 aromatic carbocycles.